The molecule has 4 heteroatoms. The minimum absolute atomic E-state index is 0.0403. The van der Waals surface area contributed by atoms with Gasteiger partial charge in [-0.05, 0) is 68.7 Å². The molecule has 3 aliphatic rings. The molecule has 0 spiro atoms. The highest BCUT2D eigenvalue weighted by molar-refractivity contribution is 5.99. The lowest BCUT2D eigenvalue weighted by Crippen LogP contribution is -2.43. The van der Waals surface area contributed by atoms with Gasteiger partial charge in [0.15, 0.2) is 0 Å². The molecule has 4 nitrogen and oxygen atoms in total. The van der Waals surface area contributed by atoms with Crippen LogP contribution in [0.1, 0.15) is 43.7 Å². The Morgan fingerprint density at radius 3 is 2.10 bits per heavy atom. The molecule has 2 aromatic carbocycles. The summed E-state index contributed by atoms with van der Waals surface area (Å²) in [5.74, 6) is 0.590. The lowest BCUT2D eigenvalue weighted by Gasteiger charge is -2.33. The molecule has 2 amide bonds. The molecule has 150 valence electrons. The summed E-state index contributed by atoms with van der Waals surface area (Å²) >= 11 is 0. The van der Waals surface area contributed by atoms with Crippen molar-refractivity contribution in [1.29, 1.82) is 0 Å². The van der Waals surface area contributed by atoms with Gasteiger partial charge >= 0.3 is 0 Å². The van der Waals surface area contributed by atoms with E-state index in [1.54, 1.807) is 0 Å². The summed E-state index contributed by atoms with van der Waals surface area (Å²) in [4.78, 5) is 30.4. The number of amides is 2. The maximum Gasteiger partial charge on any atom is 0.230 e. The second-order valence-corrected chi connectivity index (χ2v) is 8.81. The first-order chi connectivity index (χ1) is 14.1. The molecule has 2 aliphatic heterocycles. The van der Waals surface area contributed by atoms with Crippen LogP contribution in [-0.2, 0) is 22.4 Å². The smallest absolute Gasteiger partial charge is 0.230 e. The van der Waals surface area contributed by atoms with Crippen LogP contribution in [0.15, 0.2) is 48.5 Å². The van der Waals surface area contributed by atoms with E-state index in [0.29, 0.717) is 0 Å². The molecular formula is C25H28N2O2. The maximum atomic E-state index is 13.3. The van der Waals surface area contributed by atoms with E-state index in [-0.39, 0.29) is 29.7 Å². The van der Waals surface area contributed by atoms with E-state index in [0.717, 1.165) is 56.4 Å². The Hall–Kier alpha value is -2.62. The number of fused-ring (bicyclic) bond motifs is 2. The molecular weight excluding hydrogens is 360 g/mol. The number of rotatable bonds is 2. The summed E-state index contributed by atoms with van der Waals surface area (Å²) in [6.07, 6.45) is 5.15. The van der Waals surface area contributed by atoms with Gasteiger partial charge in [-0.1, -0.05) is 36.4 Å². The lowest BCUT2D eigenvalue weighted by molar-refractivity contribution is -0.127. The second kappa shape index (κ2) is 7.33. The first kappa shape index (κ1) is 18.4. The Labute approximate surface area is 172 Å². The van der Waals surface area contributed by atoms with Crippen LogP contribution >= 0.6 is 0 Å². The predicted octanol–water partition coefficient (Wildman–Crippen LogP) is 4.36. The SMILES string of the molecule is CC1Cc2ccccc2N1C(=O)C1CCC(C(=O)N2CCc3ccccc32)CC1. The van der Waals surface area contributed by atoms with Crippen LogP contribution in [0.4, 0.5) is 11.4 Å². The molecule has 1 unspecified atom stereocenters. The molecule has 1 fully saturated rings. The Morgan fingerprint density at radius 1 is 0.793 bits per heavy atom. The van der Waals surface area contributed by atoms with Crippen molar-refractivity contribution in [2.24, 2.45) is 11.8 Å². The van der Waals surface area contributed by atoms with Crippen molar-refractivity contribution >= 4 is 23.2 Å². The van der Waals surface area contributed by atoms with E-state index in [1.807, 2.05) is 34.1 Å². The van der Waals surface area contributed by atoms with Gasteiger partial charge in [-0.25, -0.2) is 0 Å². The van der Waals surface area contributed by atoms with Crippen molar-refractivity contribution in [2.45, 2.75) is 51.5 Å². The van der Waals surface area contributed by atoms with Crippen LogP contribution in [-0.4, -0.2) is 24.4 Å². The average molecular weight is 389 g/mol. The quantitative estimate of drug-likeness (QED) is 0.767. The van der Waals surface area contributed by atoms with Crippen LogP contribution in [0.2, 0.25) is 0 Å². The van der Waals surface area contributed by atoms with Gasteiger partial charge in [0, 0.05) is 35.8 Å². The normalized spacial score (nSPS) is 25.6. The van der Waals surface area contributed by atoms with Crippen molar-refractivity contribution in [3.8, 4) is 0 Å². The minimum Gasteiger partial charge on any atom is -0.312 e. The maximum absolute atomic E-state index is 13.3. The predicted molar refractivity (Wildman–Crippen MR) is 115 cm³/mol. The van der Waals surface area contributed by atoms with E-state index in [1.165, 1.54) is 11.1 Å². The van der Waals surface area contributed by atoms with Gasteiger partial charge < -0.3 is 9.80 Å². The third-order valence-corrected chi connectivity index (χ3v) is 7.02. The summed E-state index contributed by atoms with van der Waals surface area (Å²) in [6, 6.07) is 16.7. The largest absolute Gasteiger partial charge is 0.312 e. The van der Waals surface area contributed by atoms with Gasteiger partial charge in [-0.15, -0.1) is 0 Å². The molecule has 5 rings (SSSR count). The molecule has 1 saturated carbocycles. The molecule has 0 radical (unpaired) electrons. The molecule has 29 heavy (non-hydrogen) atoms. The number of nitrogens with zero attached hydrogens (tertiary/aromatic N) is 2. The topological polar surface area (TPSA) is 40.6 Å². The number of anilines is 2. The third kappa shape index (κ3) is 3.15. The van der Waals surface area contributed by atoms with Crippen LogP contribution in [0.5, 0.6) is 0 Å². The van der Waals surface area contributed by atoms with Crippen LogP contribution in [0.25, 0.3) is 0 Å². The molecule has 0 aromatic heterocycles. The highest BCUT2D eigenvalue weighted by atomic mass is 16.2. The van der Waals surface area contributed by atoms with E-state index >= 15 is 0 Å². The minimum atomic E-state index is 0.0403. The molecule has 1 aliphatic carbocycles. The van der Waals surface area contributed by atoms with Gasteiger partial charge in [-0.3, -0.25) is 9.59 Å². The molecule has 0 bridgehead atoms. The standard InChI is InChI=1S/C25H28N2O2/c1-17-16-21-7-3-5-9-23(21)27(17)25(29)20-12-10-19(11-13-20)24(28)26-15-14-18-6-2-4-8-22(18)26/h2-9,17,19-20H,10-16H2,1H3. The van der Waals surface area contributed by atoms with Gasteiger partial charge in [0.05, 0.1) is 0 Å². The number of hydrogen-bond donors (Lipinski definition) is 0. The molecule has 1 atom stereocenters. The van der Waals surface area contributed by atoms with Crippen LogP contribution < -0.4 is 9.80 Å². The van der Waals surface area contributed by atoms with Gasteiger partial charge in [0.1, 0.15) is 0 Å². The van der Waals surface area contributed by atoms with E-state index in [2.05, 4.69) is 31.2 Å². The average Bonchev–Trinajstić information content (AvgIpc) is 3.33. The highest BCUT2D eigenvalue weighted by Crippen LogP contribution is 2.38. The molecule has 0 saturated heterocycles. The summed E-state index contributed by atoms with van der Waals surface area (Å²) < 4.78 is 0. The number of para-hydroxylation sites is 2. The summed E-state index contributed by atoms with van der Waals surface area (Å²) in [5.41, 5.74) is 4.70. The zero-order chi connectivity index (χ0) is 20.0. The first-order valence-electron chi connectivity index (χ1n) is 10.9. The fraction of sp³-hybridized carbons (Fsp3) is 0.440. The van der Waals surface area contributed by atoms with E-state index < -0.39 is 0 Å². The Balaban J connectivity index is 1.24. The van der Waals surface area contributed by atoms with Crippen LogP contribution in [0, 0.1) is 11.8 Å². The van der Waals surface area contributed by atoms with Gasteiger partial charge in [0.25, 0.3) is 0 Å². The molecule has 0 N–H and O–H groups in total. The summed E-state index contributed by atoms with van der Waals surface area (Å²) in [7, 11) is 0. The van der Waals surface area contributed by atoms with Crippen LogP contribution in [0.3, 0.4) is 0 Å². The van der Waals surface area contributed by atoms with Crippen molar-refractivity contribution in [3.05, 3.63) is 59.7 Å². The zero-order valence-electron chi connectivity index (χ0n) is 17.0. The zero-order valence-corrected chi connectivity index (χ0v) is 17.0. The fourth-order valence-corrected chi connectivity index (χ4v) is 5.47. The van der Waals surface area contributed by atoms with Crippen molar-refractivity contribution in [2.75, 3.05) is 16.3 Å². The summed E-state index contributed by atoms with van der Waals surface area (Å²) in [5, 5.41) is 0. The Kier molecular flexibility index (Phi) is 4.65. The summed E-state index contributed by atoms with van der Waals surface area (Å²) in [6.45, 7) is 2.93. The Morgan fingerprint density at radius 2 is 1.38 bits per heavy atom. The highest BCUT2D eigenvalue weighted by Gasteiger charge is 2.38. The van der Waals surface area contributed by atoms with Crippen molar-refractivity contribution < 1.29 is 9.59 Å². The molecule has 2 aromatic rings. The first-order valence-corrected chi connectivity index (χ1v) is 10.9. The number of hydrogen-bond acceptors (Lipinski definition) is 2. The molecule has 2 heterocycles. The Bertz CT molecular complexity index is 945. The fourth-order valence-electron chi connectivity index (χ4n) is 5.47. The van der Waals surface area contributed by atoms with Crippen molar-refractivity contribution in [3.63, 3.8) is 0 Å². The third-order valence-electron chi connectivity index (χ3n) is 7.02. The number of benzene rings is 2. The monoisotopic (exact) mass is 388 g/mol. The number of carbonyl (C=O) groups excluding carboxylic acids is 2. The lowest BCUT2D eigenvalue weighted by atomic mass is 9.80. The van der Waals surface area contributed by atoms with Gasteiger partial charge in [0.2, 0.25) is 11.8 Å². The van der Waals surface area contributed by atoms with Gasteiger partial charge in [-0.2, -0.15) is 0 Å². The number of carbonyl (C=O) groups is 2. The van der Waals surface area contributed by atoms with Crippen molar-refractivity contribution in [1.82, 2.24) is 0 Å². The van der Waals surface area contributed by atoms with E-state index in [4.69, 9.17) is 0 Å². The van der Waals surface area contributed by atoms with E-state index in [9.17, 15) is 9.59 Å². The second-order valence-electron chi connectivity index (χ2n) is 8.81.